The summed E-state index contributed by atoms with van der Waals surface area (Å²) in [6, 6.07) is 5.58. The zero-order valence-electron chi connectivity index (χ0n) is 10.5. The molecule has 0 spiro atoms. The standard InChI is InChI=1S/C14H20ClFN2/c15-14-11(4-3-7-13(14)16)10-18(9-8-17)12-5-1-2-6-12/h3-4,7,12H,1-2,5-6,8-10,17H2. The lowest BCUT2D eigenvalue weighted by Crippen LogP contribution is -2.36. The highest BCUT2D eigenvalue weighted by Gasteiger charge is 2.22. The molecule has 0 heterocycles. The summed E-state index contributed by atoms with van der Waals surface area (Å²) in [7, 11) is 0. The molecule has 1 aliphatic carbocycles. The van der Waals surface area contributed by atoms with E-state index >= 15 is 0 Å². The number of hydrogen-bond acceptors (Lipinski definition) is 2. The van der Waals surface area contributed by atoms with Gasteiger partial charge in [-0.15, -0.1) is 0 Å². The summed E-state index contributed by atoms with van der Waals surface area (Å²) in [4.78, 5) is 2.34. The van der Waals surface area contributed by atoms with E-state index in [2.05, 4.69) is 4.90 Å². The van der Waals surface area contributed by atoms with Gasteiger partial charge < -0.3 is 5.73 Å². The second-order valence-corrected chi connectivity index (χ2v) is 5.29. The van der Waals surface area contributed by atoms with E-state index in [1.807, 2.05) is 6.07 Å². The molecular weight excluding hydrogens is 251 g/mol. The number of halogens is 2. The van der Waals surface area contributed by atoms with E-state index in [0.717, 1.165) is 12.1 Å². The van der Waals surface area contributed by atoms with Crippen LogP contribution in [0.15, 0.2) is 18.2 Å². The fourth-order valence-corrected chi connectivity index (χ4v) is 2.90. The third-order valence-electron chi connectivity index (χ3n) is 3.66. The fraction of sp³-hybridized carbons (Fsp3) is 0.571. The Hall–Kier alpha value is -0.640. The van der Waals surface area contributed by atoms with Crippen LogP contribution in [0.2, 0.25) is 5.02 Å². The quantitative estimate of drug-likeness (QED) is 0.890. The van der Waals surface area contributed by atoms with Crippen molar-refractivity contribution in [1.82, 2.24) is 4.90 Å². The first-order valence-electron chi connectivity index (χ1n) is 6.59. The summed E-state index contributed by atoms with van der Waals surface area (Å²) in [6.07, 6.45) is 4.99. The Morgan fingerprint density at radius 3 is 2.72 bits per heavy atom. The Kier molecular flexibility index (Phi) is 4.98. The summed E-state index contributed by atoms with van der Waals surface area (Å²) in [6.45, 7) is 2.17. The molecule has 100 valence electrons. The van der Waals surface area contributed by atoms with Crippen LogP contribution in [0.3, 0.4) is 0 Å². The van der Waals surface area contributed by atoms with Crippen molar-refractivity contribution < 1.29 is 4.39 Å². The zero-order valence-corrected chi connectivity index (χ0v) is 11.3. The van der Waals surface area contributed by atoms with Crippen LogP contribution >= 0.6 is 11.6 Å². The molecule has 1 fully saturated rings. The molecule has 0 radical (unpaired) electrons. The van der Waals surface area contributed by atoms with Crippen LogP contribution in [0.4, 0.5) is 4.39 Å². The Morgan fingerprint density at radius 2 is 2.06 bits per heavy atom. The summed E-state index contributed by atoms with van der Waals surface area (Å²) < 4.78 is 13.4. The van der Waals surface area contributed by atoms with Crippen molar-refractivity contribution in [3.8, 4) is 0 Å². The maximum atomic E-state index is 13.4. The summed E-state index contributed by atoms with van der Waals surface area (Å²) >= 11 is 6.01. The van der Waals surface area contributed by atoms with E-state index in [4.69, 9.17) is 17.3 Å². The summed E-state index contributed by atoms with van der Waals surface area (Å²) in [5.74, 6) is -0.340. The lowest BCUT2D eigenvalue weighted by Gasteiger charge is -2.28. The van der Waals surface area contributed by atoms with Crippen molar-refractivity contribution >= 4 is 11.6 Å². The highest BCUT2D eigenvalue weighted by atomic mass is 35.5. The summed E-state index contributed by atoms with van der Waals surface area (Å²) in [5, 5.41) is 0.248. The molecule has 1 aliphatic rings. The second kappa shape index (κ2) is 6.50. The molecule has 0 bridgehead atoms. The van der Waals surface area contributed by atoms with Crippen LogP contribution in [0, 0.1) is 5.82 Å². The van der Waals surface area contributed by atoms with Gasteiger partial charge in [0.25, 0.3) is 0 Å². The van der Waals surface area contributed by atoms with Crippen molar-refractivity contribution in [3.63, 3.8) is 0 Å². The SMILES string of the molecule is NCCN(Cc1cccc(F)c1Cl)C1CCCC1. The Morgan fingerprint density at radius 1 is 1.33 bits per heavy atom. The first-order chi connectivity index (χ1) is 8.72. The molecule has 2 N–H and O–H groups in total. The van der Waals surface area contributed by atoms with Crippen LogP contribution in [-0.4, -0.2) is 24.0 Å². The minimum absolute atomic E-state index is 0.248. The molecule has 0 atom stereocenters. The van der Waals surface area contributed by atoms with Gasteiger partial charge in [-0.25, -0.2) is 4.39 Å². The number of nitrogens with two attached hydrogens (primary N) is 1. The molecular formula is C14H20ClFN2. The van der Waals surface area contributed by atoms with Gasteiger partial charge in [-0.3, -0.25) is 4.90 Å². The monoisotopic (exact) mass is 270 g/mol. The maximum Gasteiger partial charge on any atom is 0.142 e. The molecule has 2 nitrogen and oxygen atoms in total. The highest BCUT2D eigenvalue weighted by Crippen LogP contribution is 2.27. The number of hydrogen-bond donors (Lipinski definition) is 1. The highest BCUT2D eigenvalue weighted by molar-refractivity contribution is 6.31. The largest absolute Gasteiger partial charge is 0.329 e. The zero-order chi connectivity index (χ0) is 13.0. The molecule has 0 amide bonds. The van der Waals surface area contributed by atoms with E-state index in [1.165, 1.54) is 31.7 Å². The minimum atomic E-state index is -0.340. The van der Waals surface area contributed by atoms with Crippen molar-refractivity contribution in [2.24, 2.45) is 5.73 Å². The molecule has 1 saturated carbocycles. The predicted molar refractivity (Wildman–Crippen MR) is 73.1 cm³/mol. The third-order valence-corrected chi connectivity index (χ3v) is 4.09. The van der Waals surface area contributed by atoms with Crippen molar-refractivity contribution in [3.05, 3.63) is 34.6 Å². The molecule has 2 rings (SSSR count). The van der Waals surface area contributed by atoms with Gasteiger partial charge in [0.05, 0.1) is 5.02 Å². The van der Waals surface area contributed by atoms with E-state index in [0.29, 0.717) is 19.1 Å². The molecule has 1 aromatic carbocycles. The maximum absolute atomic E-state index is 13.4. The smallest absolute Gasteiger partial charge is 0.142 e. The first-order valence-corrected chi connectivity index (χ1v) is 6.97. The van der Waals surface area contributed by atoms with Gasteiger partial charge in [-0.1, -0.05) is 36.6 Å². The van der Waals surface area contributed by atoms with Crippen molar-refractivity contribution in [1.29, 1.82) is 0 Å². The summed E-state index contributed by atoms with van der Waals surface area (Å²) in [5.41, 5.74) is 6.53. The molecule has 0 unspecified atom stereocenters. The Labute approximate surface area is 113 Å². The van der Waals surface area contributed by atoms with E-state index in [9.17, 15) is 4.39 Å². The van der Waals surface area contributed by atoms with Gasteiger partial charge in [-0.05, 0) is 24.5 Å². The van der Waals surface area contributed by atoms with Gasteiger partial charge in [0.1, 0.15) is 5.82 Å². The van der Waals surface area contributed by atoms with E-state index in [-0.39, 0.29) is 10.8 Å². The van der Waals surface area contributed by atoms with Gasteiger partial charge in [0.2, 0.25) is 0 Å². The van der Waals surface area contributed by atoms with E-state index in [1.54, 1.807) is 6.07 Å². The van der Waals surface area contributed by atoms with Crippen LogP contribution in [0.1, 0.15) is 31.2 Å². The van der Waals surface area contributed by atoms with Crippen LogP contribution in [0.25, 0.3) is 0 Å². The number of nitrogens with zero attached hydrogens (tertiary/aromatic N) is 1. The van der Waals surface area contributed by atoms with E-state index < -0.39 is 0 Å². The van der Waals surface area contributed by atoms with Crippen molar-refractivity contribution in [2.45, 2.75) is 38.3 Å². The lowest BCUT2D eigenvalue weighted by molar-refractivity contribution is 0.195. The average Bonchev–Trinajstić information content (AvgIpc) is 2.88. The third kappa shape index (κ3) is 3.22. The van der Waals surface area contributed by atoms with Gasteiger partial charge in [0, 0.05) is 25.7 Å². The predicted octanol–water partition coefficient (Wildman–Crippen LogP) is 3.18. The fourth-order valence-electron chi connectivity index (χ4n) is 2.72. The van der Waals surface area contributed by atoms with Gasteiger partial charge in [-0.2, -0.15) is 0 Å². The topological polar surface area (TPSA) is 29.3 Å². The molecule has 0 aromatic heterocycles. The Balaban J connectivity index is 2.10. The van der Waals surface area contributed by atoms with Gasteiger partial charge >= 0.3 is 0 Å². The van der Waals surface area contributed by atoms with Crippen LogP contribution < -0.4 is 5.73 Å². The van der Waals surface area contributed by atoms with Crippen LogP contribution in [-0.2, 0) is 6.54 Å². The van der Waals surface area contributed by atoms with Crippen molar-refractivity contribution in [2.75, 3.05) is 13.1 Å². The lowest BCUT2D eigenvalue weighted by atomic mass is 10.1. The molecule has 18 heavy (non-hydrogen) atoms. The average molecular weight is 271 g/mol. The van der Waals surface area contributed by atoms with Gasteiger partial charge in [0.15, 0.2) is 0 Å². The molecule has 4 heteroatoms. The minimum Gasteiger partial charge on any atom is -0.329 e. The number of benzene rings is 1. The molecule has 1 aromatic rings. The molecule has 0 aliphatic heterocycles. The molecule has 0 saturated heterocycles. The second-order valence-electron chi connectivity index (χ2n) is 4.91. The Bertz CT molecular complexity index is 391. The normalized spacial score (nSPS) is 16.7. The number of rotatable bonds is 5. The first kappa shape index (κ1) is 13.8. The van der Waals surface area contributed by atoms with Crippen LogP contribution in [0.5, 0.6) is 0 Å².